The molecule has 1 atom stereocenters. The molecule has 0 spiro atoms. The Morgan fingerprint density at radius 3 is 2.71 bits per heavy atom. The van der Waals surface area contributed by atoms with Crippen molar-refractivity contribution in [1.82, 2.24) is 0 Å². The molecule has 0 aromatic heterocycles. The number of hydrogen-bond donors (Lipinski definition) is 3. The number of phenols is 1. The molecule has 0 fully saturated rings. The Kier molecular flexibility index (Phi) is 3.09. The standard InChI is InChI=1S/C10H14N2O2/c1-6-5-8(13)3-4-9(6)12-10(14)7(2)11/h3-5,7,13H,11H2,1-2H3,(H,12,14)/t7-/m1/s1. The van der Waals surface area contributed by atoms with Crippen molar-refractivity contribution >= 4 is 11.6 Å². The summed E-state index contributed by atoms with van der Waals surface area (Å²) in [6.07, 6.45) is 0. The molecule has 0 saturated carbocycles. The molecule has 1 amide bonds. The third kappa shape index (κ3) is 2.47. The van der Waals surface area contributed by atoms with Crippen LogP contribution in [0.15, 0.2) is 18.2 Å². The highest BCUT2D eigenvalue weighted by atomic mass is 16.3. The quantitative estimate of drug-likeness (QED) is 0.614. The summed E-state index contributed by atoms with van der Waals surface area (Å²) in [4.78, 5) is 11.3. The molecule has 0 bridgehead atoms. The zero-order valence-corrected chi connectivity index (χ0v) is 8.24. The number of carbonyl (C=O) groups excluding carboxylic acids is 1. The average molecular weight is 194 g/mol. The van der Waals surface area contributed by atoms with E-state index in [2.05, 4.69) is 5.32 Å². The van der Waals surface area contributed by atoms with Crippen molar-refractivity contribution in [1.29, 1.82) is 0 Å². The van der Waals surface area contributed by atoms with Crippen molar-refractivity contribution in [2.75, 3.05) is 5.32 Å². The Morgan fingerprint density at radius 2 is 2.21 bits per heavy atom. The van der Waals surface area contributed by atoms with Crippen LogP contribution in [0.3, 0.4) is 0 Å². The molecule has 0 heterocycles. The monoisotopic (exact) mass is 194 g/mol. The van der Waals surface area contributed by atoms with Crippen LogP contribution in [0.1, 0.15) is 12.5 Å². The van der Waals surface area contributed by atoms with E-state index in [1.54, 1.807) is 26.0 Å². The molecule has 1 aromatic rings. The van der Waals surface area contributed by atoms with Crippen LogP contribution in [0.4, 0.5) is 5.69 Å². The van der Waals surface area contributed by atoms with Gasteiger partial charge in [0, 0.05) is 5.69 Å². The molecule has 1 aromatic carbocycles. The molecule has 76 valence electrons. The predicted octanol–water partition coefficient (Wildman–Crippen LogP) is 0.986. The fourth-order valence-electron chi connectivity index (χ4n) is 1.03. The number of hydrogen-bond acceptors (Lipinski definition) is 3. The van der Waals surface area contributed by atoms with Gasteiger partial charge in [-0.3, -0.25) is 4.79 Å². The van der Waals surface area contributed by atoms with E-state index >= 15 is 0 Å². The topological polar surface area (TPSA) is 75.3 Å². The highest BCUT2D eigenvalue weighted by molar-refractivity contribution is 5.95. The summed E-state index contributed by atoms with van der Waals surface area (Å²) >= 11 is 0. The third-order valence-electron chi connectivity index (χ3n) is 1.88. The van der Waals surface area contributed by atoms with Gasteiger partial charge in [0.2, 0.25) is 5.91 Å². The number of phenolic OH excluding ortho intramolecular Hbond substituents is 1. The molecular formula is C10H14N2O2. The zero-order valence-electron chi connectivity index (χ0n) is 8.24. The Labute approximate surface area is 82.7 Å². The summed E-state index contributed by atoms with van der Waals surface area (Å²) in [5.74, 6) is -0.0555. The van der Waals surface area contributed by atoms with Gasteiger partial charge in [-0.05, 0) is 37.6 Å². The number of anilines is 1. The molecule has 4 heteroatoms. The van der Waals surface area contributed by atoms with Gasteiger partial charge in [0.1, 0.15) is 5.75 Å². The molecule has 0 unspecified atom stereocenters. The predicted molar refractivity (Wildman–Crippen MR) is 55.1 cm³/mol. The van der Waals surface area contributed by atoms with Gasteiger partial charge in [0.15, 0.2) is 0 Å². The number of amides is 1. The summed E-state index contributed by atoms with van der Waals surface area (Å²) in [7, 11) is 0. The summed E-state index contributed by atoms with van der Waals surface area (Å²) < 4.78 is 0. The van der Waals surface area contributed by atoms with Crippen molar-refractivity contribution in [3.05, 3.63) is 23.8 Å². The maximum atomic E-state index is 11.3. The van der Waals surface area contributed by atoms with Gasteiger partial charge in [-0.2, -0.15) is 0 Å². The lowest BCUT2D eigenvalue weighted by Crippen LogP contribution is -2.32. The number of carbonyl (C=O) groups is 1. The van der Waals surface area contributed by atoms with Gasteiger partial charge >= 0.3 is 0 Å². The number of benzene rings is 1. The molecule has 1 rings (SSSR count). The second-order valence-corrected chi connectivity index (χ2v) is 3.28. The normalized spacial score (nSPS) is 12.2. The van der Waals surface area contributed by atoms with Gasteiger partial charge in [-0.25, -0.2) is 0 Å². The van der Waals surface area contributed by atoms with Crippen LogP contribution in [0, 0.1) is 6.92 Å². The Morgan fingerprint density at radius 1 is 1.57 bits per heavy atom. The molecule has 0 aliphatic rings. The largest absolute Gasteiger partial charge is 0.508 e. The lowest BCUT2D eigenvalue weighted by Gasteiger charge is -2.10. The summed E-state index contributed by atoms with van der Waals surface area (Å²) in [5.41, 5.74) is 6.88. The lowest BCUT2D eigenvalue weighted by atomic mass is 10.2. The zero-order chi connectivity index (χ0) is 10.7. The minimum absolute atomic E-state index is 0.182. The molecular weight excluding hydrogens is 180 g/mol. The van der Waals surface area contributed by atoms with E-state index in [1.807, 2.05) is 0 Å². The number of rotatable bonds is 2. The number of aryl methyl sites for hydroxylation is 1. The number of aromatic hydroxyl groups is 1. The second-order valence-electron chi connectivity index (χ2n) is 3.28. The van der Waals surface area contributed by atoms with Crippen LogP contribution in [-0.2, 0) is 4.79 Å². The van der Waals surface area contributed by atoms with Gasteiger partial charge < -0.3 is 16.2 Å². The highest BCUT2D eigenvalue weighted by Gasteiger charge is 2.08. The summed E-state index contributed by atoms with van der Waals surface area (Å²) in [5, 5.41) is 11.8. The van der Waals surface area contributed by atoms with Gasteiger partial charge in [-0.15, -0.1) is 0 Å². The first-order chi connectivity index (χ1) is 6.50. The Bertz CT molecular complexity index is 348. The van der Waals surface area contributed by atoms with E-state index in [4.69, 9.17) is 10.8 Å². The van der Waals surface area contributed by atoms with E-state index in [0.29, 0.717) is 5.69 Å². The van der Waals surface area contributed by atoms with E-state index in [9.17, 15) is 4.79 Å². The van der Waals surface area contributed by atoms with Crippen molar-refractivity contribution in [2.45, 2.75) is 19.9 Å². The first-order valence-corrected chi connectivity index (χ1v) is 4.37. The highest BCUT2D eigenvalue weighted by Crippen LogP contribution is 2.19. The number of nitrogens with two attached hydrogens (primary N) is 1. The van der Waals surface area contributed by atoms with Crippen LogP contribution < -0.4 is 11.1 Å². The van der Waals surface area contributed by atoms with E-state index in [-0.39, 0.29) is 11.7 Å². The maximum absolute atomic E-state index is 11.3. The minimum atomic E-state index is -0.539. The first-order valence-electron chi connectivity index (χ1n) is 4.37. The van der Waals surface area contributed by atoms with Crippen molar-refractivity contribution in [2.24, 2.45) is 5.73 Å². The van der Waals surface area contributed by atoms with E-state index < -0.39 is 6.04 Å². The maximum Gasteiger partial charge on any atom is 0.241 e. The molecule has 0 radical (unpaired) electrons. The molecule has 14 heavy (non-hydrogen) atoms. The van der Waals surface area contributed by atoms with Crippen LogP contribution in [-0.4, -0.2) is 17.1 Å². The van der Waals surface area contributed by atoms with Crippen molar-refractivity contribution in [3.8, 4) is 5.75 Å². The lowest BCUT2D eigenvalue weighted by molar-refractivity contribution is -0.117. The van der Waals surface area contributed by atoms with Gasteiger partial charge in [0.25, 0.3) is 0 Å². The first kappa shape index (κ1) is 10.5. The van der Waals surface area contributed by atoms with Crippen molar-refractivity contribution in [3.63, 3.8) is 0 Å². The Hall–Kier alpha value is -1.55. The second kappa shape index (κ2) is 4.11. The van der Waals surface area contributed by atoms with Gasteiger partial charge in [0.05, 0.1) is 6.04 Å². The van der Waals surface area contributed by atoms with Crippen LogP contribution >= 0.6 is 0 Å². The van der Waals surface area contributed by atoms with E-state index in [0.717, 1.165) is 5.56 Å². The average Bonchev–Trinajstić information content (AvgIpc) is 2.09. The molecule has 0 saturated heterocycles. The van der Waals surface area contributed by atoms with Gasteiger partial charge in [-0.1, -0.05) is 0 Å². The van der Waals surface area contributed by atoms with E-state index in [1.165, 1.54) is 6.07 Å². The van der Waals surface area contributed by atoms with Crippen molar-refractivity contribution < 1.29 is 9.90 Å². The SMILES string of the molecule is Cc1cc(O)ccc1NC(=O)[C@@H](C)N. The minimum Gasteiger partial charge on any atom is -0.508 e. The third-order valence-corrected chi connectivity index (χ3v) is 1.88. The molecule has 0 aliphatic carbocycles. The summed E-state index contributed by atoms with van der Waals surface area (Å²) in [6, 6.07) is 4.20. The fraction of sp³-hybridized carbons (Fsp3) is 0.300. The molecule has 0 aliphatic heterocycles. The smallest absolute Gasteiger partial charge is 0.241 e. The summed E-state index contributed by atoms with van der Waals surface area (Å²) in [6.45, 7) is 3.42. The number of nitrogens with one attached hydrogen (secondary N) is 1. The Balaban J connectivity index is 2.82. The van der Waals surface area contributed by atoms with Crippen LogP contribution in [0.5, 0.6) is 5.75 Å². The van der Waals surface area contributed by atoms with Crippen LogP contribution in [0.25, 0.3) is 0 Å². The van der Waals surface area contributed by atoms with Crippen LogP contribution in [0.2, 0.25) is 0 Å². The fourth-order valence-corrected chi connectivity index (χ4v) is 1.03. The molecule has 4 N–H and O–H groups in total. The molecule has 4 nitrogen and oxygen atoms in total.